The lowest BCUT2D eigenvalue weighted by atomic mass is 10.1. The zero-order valence-electron chi connectivity index (χ0n) is 13.1. The summed E-state index contributed by atoms with van der Waals surface area (Å²) < 4.78 is 5.13. The smallest absolute Gasteiger partial charge is 0.220 e. The lowest BCUT2D eigenvalue weighted by Crippen LogP contribution is -2.29. The summed E-state index contributed by atoms with van der Waals surface area (Å²) in [4.78, 5) is 11.8. The summed E-state index contributed by atoms with van der Waals surface area (Å²) in [6, 6.07) is 8.02. The van der Waals surface area contributed by atoms with Crippen LogP contribution in [0.5, 0.6) is 5.75 Å². The zero-order chi connectivity index (χ0) is 14.9. The summed E-state index contributed by atoms with van der Waals surface area (Å²) in [6.45, 7) is 2.63. The molecule has 122 valence electrons. The van der Waals surface area contributed by atoms with Gasteiger partial charge < -0.3 is 15.4 Å². The van der Waals surface area contributed by atoms with E-state index >= 15 is 0 Å². The van der Waals surface area contributed by atoms with E-state index in [0.29, 0.717) is 13.0 Å². The first-order valence-corrected chi connectivity index (χ1v) is 7.56. The van der Waals surface area contributed by atoms with Gasteiger partial charge >= 0.3 is 0 Å². The lowest BCUT2D eigenvalue weighted by molar-refractivity contribution is -0.121. The third-order valence-electron chi connectivity index (χ3n) is 3.70. The summed E-state index contributed by atoms with van der Waals surface area (Å²) in [6.07, 6.45) is 5.58. The van der Waals surface area contributed by atoms with Crippen molar-refractivity contribution in [3.8, 4) is 5.75 Å². The first kappa shape index (κ1) is 18.5. The zero-order valence-corrected chi connectivity index (χ0v) is 13.9. The third-order valence-corrected chi connectivity index (χ3v) is 3.70. The first-order valence-electron chi connectivity index (χ1n) is 7.56. The third kappa shape index (κ3) is 6.50. The minimum atomic E-state index is 0. The molecule has 22 heavy (non-hydrogen) atoms. The minimum Gasteiger partial charge on any atom is -0.497 e. The fourth-order valence-corrected chi connectivity index (χ4v) is 2.38. The van der Waals surface area contributed by atoms with Gasteiger partial charge in [0, 0.05) is 19.5 Å². The highest BCUT2D eigenvalue weighted by Gasteiger charge is 2.06. The van der Waals surface area contributed by atoms with E-state index in [1.54, 1.807) is 7.11 Å². The Bertz CT molecular complexity index is 486. The Labute approximate surface area is 138 Å². The molecule has 1 heterocycles. The van der Waals surface area contributed by atoms with Gasteiger partial charge in [-0.2, -0.15) is 0 Å². The number of rotatable bonds is 7. The first-order chi connectivity index (χ1) is 10.3. The predicted molar refractivity (Wildman–Crippen MR) is 91.8 cm³/mol. The van der Waals surface area contributed by atoms with E-state index in [9.17, 15) is 4.79 Å². The Morgan fingerprint density at radius 1 is 1.32 bits per heavy atom. The SMILES string of the molecule is COc1ccc(CCCC(=O)NCC2=CCNCC2)cc1.Cl. The van der Waals surface area contributed by atoms with Crippen LogP contribution in [-0.2, 0) is 11.2 Å². The van der Waals surface area contributed by atoms with Crippen LogP contribution in [0, 0.1) is 0 Å². The van der Waals surface area contributed by atoms with Gasteiger partial charge in [0.1, 0.15) is 5.75 Å². The van der Waals surface area contributed by atoms with Gasteiger partial charge in [0.15, 0.2) is 0 Å². The number of hydrogen-bond acceptors (Lipinski definition) is 3. The van der Waals surface area contributed by atoms with E-state index in [0.717, 1.165) is 38.1 Å². The van der Waals surface area contributed by atoms with Crippen molar-refractivity contribution in [2.24, 2.45) is 0 Å². The van der Waals surface area contributed by atoms with E-state index in [1.807, 2.05) is 12.1 Å². The Morgan fingerprint density at radius 2 is 2.09 bits per heavy atom. The standard InChI is InChI=1S/C17H24N2O2.ClH/c1-21-16-7-5-14(6-8-16)3-2-4-17(20)19-13-15-9-11-18-12-10-15;/h5-9,18H,2-4,10-13H2,1H3,(H,19,20);1H. The van der Waals surface area contributed by atoms with E-state index in [1.165, 1.54) is 11.1 Å². The molecule has 0 bridgehead atoms. The average Bonchev–Trinajstić information content (AvgIpc) is 2.54. The fourth-order valence-electron chi connectivity index (χ4n) is 2.38. The Balaban J connectivity index is 0.00000242. The van der Waals surface area contributed by atoms with Gasteiger partial charge in [0.2, 0.25) is 5.91 Å². The molecule has 2 rings (SSSR count). The van der Waals surface area contributed by atoms with Crippen molar-refractivity contribution in [2.45, 2.75) is 25.7 Å². The van der Waals surface area contributed by atoms with E-state index < -0.39 is 0 Å². The van der Waals surface area contributed by atoms with Crippen LogP contribution in [0.3, 0.4) is 0 Å². The average molecular weight is 325 g/mol. The number of ether oxygens (including phenoxy) is 1. The molecular formula is C17H25ClN2O2. The summed E-state index contributed by atoms with van der Waals surface area (Å²) >= 11 is 0. The maximum atomic E-state index is 11.8. The maximum Gasteiger partial charge on any atom is 0.220 e. The van der Waals surface area contributed by atoms with Gasteiger partial charge in [-0.3, -0.25) is 4.79 Å². The molecule has 0 unspecified atom stereocenters. The highest BCUT2D eigenvalue weighted by molar-refractivity contribution is 5.85. The molecule has 0 aromatic heterocycles. The van der Waals surface area contributed by atoms with Crippen LogP contribution >= 0.6 is 12.4 Å². The summed E-state index contributed by atoms with van der Waals surface area (Å²) in [5, 5.41) is 6.27. The van der Waals surface area contributed by atoms with Gasteiger partial charge in [0.05, 0.1) is 7.11 Å². The van der Waals surface area contributed by atoms with Crippen molar-refractivity contribution in [3.05, 3.63) is 41.5 Å². The normalized spacial score (nSPS) is 13.8. The number of nitrogens with one attached hydrogen (secondary N) is 2. The summed E-state index contributed by atoms with van der Waals surface area (Å²) in [5.41, 5.74) is 2.57. The Kier molecular flexibility index (Phi) is 8.63. The number of aryl methyl sites for hydroxylation is 1. The molecule has 0 aliphatic carbocycles. The second-order valence-electron chi connectivity index (χ2n) is 5.29. The Hall–Kier alpha value is -1.52. The number of carbonyl (C=O) groups is 1. The molecule has 2 N–H and O–H groups in total. The van der Waals surface area contributed by atoms with Crippen molar-refractivity contribution < 1.29 is 9.53 Å². The number of methoxy groups -OCH3 is 1. The van der Waals surface area contributed by atoms with Crippen LogP contribution in [0.25, 0.3) is 0 Å². The van der Waals surface area contributed by atoms with Crippen LogP contribution in [-0.4, -0.2) is 32.7 Å². The molecule has 0 radical (unpaired) electrons. The molecule has 5 heteroatoms. The quantitative estimate of drug-likeness (QED) is 0.758. The molecule has 0 fully saturated rings. The van der Waals surface area contributed by atoms with Gasteiger partial charge in [0.25, 0.3) is 0 Å². The molecule has 1 aromatic rings. The summed E-state index contributed by atoms with van der Waals surface area (Å²) in [7, 11) is 1.66. The predicted octanol–water partition coefficient (Wildman–Crippen LogP) is 2.48. The lowest BCUT2D eigenvalue weighted by Gasteiger charge is -2.14. The maximum absolute atomic E-state index is 11.8. The molecule has 1 aromatic carbocycles. The number of carbonyl (C=O) groups excluding carboxylic acids is 1. The molecule has 1 aliphatic rings. The van der Waals surface area contributed by atoms with Crippen LogP contribution in [0.2, 0.25) is 0 Å². The highest BCUT2D eigenvalue weighted by atomic mass is 35.5. The van der Waals surface area contributed by atoms with Crippen LogP contribution in [0.15, 0.2) is 35.9 Å². The van der Waals surface area contributed by atoms with Gasteiger partial charge in [-0.1, -0.05) is 23.8 Å². The topological polar surface area (TPSA) is 50.4 Å². The Morgan fingerprint density at radius 3 is 2.73 bits per heavy atom. The second-order valence-corrected chi connectivity index (χ2v) is 5.29. The molecule has 0 spiro atoms. The molecule has 1 amide bonds. The number of halogens is 1. The number of amides is 1. The monoisotopic (exact) mass is 324 g/mol. The fraction of sp³-hybridized carbons (Fsp3) is 0.471. The van der Waals surface area contributed by atoms with Gasteiger partial charge in [-0.15, -0.1) is 12.4 Å². The van der Waals surface area contributed by atoms with E-state index in [4.69, 9.17) is 4.74 Å². The van der Waals surface area contributed by atoms with Crippen molar-refractivity contribution in [2.75, 3.05) is 26.7 Å². The molecule has 0 saturated carbocycles. The van der Waals surface area contributed by atoms with Crippen molar-refractivity contribution in [3.63, 3.8) is 0 Å². The molecule has 4 nitrogen and oxygen atoms in total. The van der Waals surface area contributed by atoms with Crippen LogP contribution in [0.1, 0.15) is 24.8 Å². The van der Waals surface area contributed by atoms with Crippen LogP contribution < -0.4 is 15.4 Å². The molecular weight excluding hydrogens is 300 g/mol. The van der Waals surface area contributed by atoms with Crippen molar-refractivity contribution in [1.82, 2.24) is 10.6 Å². The molecule has 0 atom stereocenters. The highest BCUT2D eigenvalue weighted by Crippen LogP contribution is 2.13. The van der Waals surface area contributed by atoms with Crippen molar-refractivity contribution in [1.29, 1.82) is 0 Å². The summed E-state index contributed by atoms with van der Waals surface area (Å²) in [5.74, 6) is 1.01. The van der Waals surface area contributed by atoms with Crippen LogP contribution in [0.4, 0.5) is 0 Å². The molecule has 1 aliphatic heterocycles. The van der Waals surface area contributed by atoms with Gasteiger partial charge in [-0.05, 0) is 43.5 Å². The minimum absolute atomic E-state index is 0. The van der Waals surface area contributed by atoms with E-state index in [-0.39, 0.29) is 18.3 Å². The van der Waals surface area contributed by atoms with Gasteiger partial charge in [-0.25, -0.2) is 0 Å². The molecule has 0 saturated heterocycles. The second kappa shape index (κ2) is 10.2. The largest absolute Gasteiger partial charge is 0.497 e. The van der Waals surface area contributed by atoms with Crippen molar-refractivity contribution >= 4 is 18.3 Å². The number of hydrogen-bond donors (Lipinski definition) is 2. The van der Waals surface area contributed by atoms with E-state index in [2.05, 4.69) is 28.8 Å². The number of benzene rings is 1.